The molecule has 0 radical (unpaired) electrons. The number of aromatic amines is 1. The molecule has 4 heteroatoms. The van der Waals surface area contributed by atoms with Crippen LogP contribution in [-0.4, -0.2) is 28.0 Å². The highest BCUT2D eigenvalue weighted by Crippen LogP contribution is 2.04. The minimum atomic E-state index is -0.209. The van der Waals surface area contributed by atoms with Crippen molar-refractivity contribution in [2.45, 2.75) is 32.9 Å². The van der Waals surface area contributed by atoms with E-state index < -0.39 is 0 Å². The number of nitrogens with zero attached hydrogens (tertiary/aromatic N) is 1. The van der Waals surface area contributed by atoms with E-state index in [1.807, 2.05) is 13.0 Å². The van der Waals surface area contributed by atoms with Gasteiger partial charge in [-0.3, -0.25) is 5.10 Å². The Hall–Kier alpha value is -0.870. The molecule has 14 heavy (non-hydrogen) atoms. The first-order valence-corrected chi connectivity index (χ1v) is 5.05. The summed E-state index contributed by atoms with van der Waals surface area (Å²) >= 11 is 0. The van der Waals surface area contributed by atoms with Gasteiger partial charge in [0.2, 0.25) is 0 Å². The fourth-order valence-corrected chi connectivity index (χ4v) is 1.50. The second kappa shape index (κ2) is 5.78. The van der Waals surface area contributed by atoms with Gasteiger partial charge in [0, 0.05) is 18.4 Å². The lowest BCUT2D eigenvalue weighted by atomic mass is 10.0. The van der Waals surface area contributed by atoms with Crippen LogP contribution < -0.4 is 5.32 Å². The Kier molecular flexibility index (Phi) is 4.62. The van der Waals surface area contributed by atoms with Gasteiger partial charge in [-0.15, -0.1) is 0 Å². The molecule has 0 bridgehead atoms. The van der Waals surface area contributed by atoms with Crippen LogP contribution >= 0.6 is 0 Å². The van der Waals surface area contributed by atoms with Crippen LogP contribution in [0, 0.1) is 5.92 Å². The van der Waals surface area contributed by atoms with Crippen molar-refractivity contribution in [2.24, 2.45) is 5.92 Å². The SMILES string of the molecule is CC(O)CC(C)CNCc1ccn[nH]1. The Morgan fingerprint density at radius 3 is 2.93 bits per heavy atom. The number of aliphatic hydroxyl groups excluding tert-OH is 1. The quantitative estimate of drug-likeness (QED) is 0.635. The van der Waals surface area contributed by atoms with E-state index in [1.165, 1.54) is 0 Å². The number of hydrogen-bond donors (Lipinski definition) is 3. The van der Waals surface area contributed by atoms with Crippen molar-refractivity contribution in [3.05, 3.63) is 18.0 Å². The Bertz CT molecular complexity index is 234. The predicted octanol–water partition coefficient (Wildman–Crippen LogP) is 0.906. The van der Waals surface area contributed by atoms with E-state index in [1.54, 1.807) is 6.20 Å². The van der Waals surface area contributed by atoms with E-state index in [9.17, 15) is 0 Å². The predicted molar refractivity (Wildman–Crippen MR) is 55.8 cm³/mol. The first-order chi connectivity index (χ1) is 6.68. The molecule has 1 rings (SSSR count). The van der Waals surface area contributed by atoms with E-state index in [4.69, 9.17) is 5.11 Å². The van der Waals surface area contributed by atoms with Crippen LogP contribution in [0.5, 0.6) is 0 Å². The lowest BCUT2D eigenvalue weighted by molar-refractivity contribution is 0.163. The van der Waals surface area contributed by atoms with Crippen LogP contribution in [0.4, 0.5) is 0 Å². The molecule has 1 aromatic rings. The highest BCUT2D eigenvalue weighted by molar-refractivity contribution is 4.96. The standard InChI is InChI=1S/C10H19N3O/c1-8(5-9(2)14)6-11-7-10-3-4-12-13-10/h3-4,8-9,11,14H,5-7H2,1-2H3,(H,12,13). The molecule has 2 atom stereocenters. The number of rotatable bonds is 6. The summed E-state index contributed by atoms with van der Waals surface area (Å²) in [7, 11) is 0. The summed E-state index contributed by atoms with van der Waals surface area (Å²) in [6.07, 6.45) is 2.38. The first-order valence-electron chi connectivity index (χ1n) is 5.05. The average Bonchev–Trinajstić information content (AvgIpc) is 2.55. The van der Waals surface area contributed by atoms with Gasteiger partial charge >= 0.3 is 0 Å². The number of aromatic nitrogens is 2. The molecule has 0 aliphatic carbocycles. The summed E-state index contributed by atoms with van der Waals surface area (Å²) in [6.45, 7) is 5.69. The van der Waals surface area contributed by atoms with Gasteiger partial charge in [-0.05, 0) is 31.9 Å². The van der Waals surface area contributed by atoms with E-state index in [-0.39, 0.29) is 6.10 Å². The zero-order valence-corrected chi connectivity index (χ0v) is 8.83. The minimum Gasteiger partial charge on any atom is -0.393 e. The minimum absolute atomic E-state index is 0.209. The van der Waals surface area contributed by atoms with Gasteiger partial charge < -0.3 is 10.4 Å². The van der Waals surface area contributed by atoms with Gasteiger partial charge in [-0.1, -0.05) is 6.92 Å². The highest BCUT2D eigenvalue weighted by Gasteiger charge is 2.05. The summed E-state index contributed by atoms with van der Waals surface area (Å²) in [5.41, 5.74) is 1.09. The van der Waals surface area contributed by atoms with Gasteiger partial charge in [0.15, 0.2) is 0 Å². The lowest BCUT2D eigenvalue weighted by Gasteiger charge is -2.13. The molecular weight excluding hydrogens is 178 g/mol. The molecule has 0 saturated heterocycles. The van der Waals surface area contributed by atoms with Crippen molar-refractivity contribution in [3.8, 4) is 0 Å². The Balaban J connectivity index is 2.09. The van der Waals surface area contributed by atoms with Gasteiger partial charge in [-0.25, -0.2) is 0 Å². The molecule has 0 amide bonds. The number of H-pyrrole nitrogens is 1. The van der Waals surface area contributed by atoms with Crippen LogP contribution in [0.2, 0.25) is 0 Å². The molecule has 0 aliphatic heterocycles. The number of aliphatic hydroxyl groups is 1. The zero-order chi connectivity index (χ0) is 10.4. The maximum absolute atomic E-state index is 9.16. The maximum atomic E-state index is 9.16. The number of nitrogens with one attached hydrogen (secondary N) is 2. The molecular formula is C10H19N3O. The van der Waals surface area contributed by atoms with Crippen molar-refractivity contribution in [1.29, 1.82) is 0 Å². The molecule has 1 heterocycles. The highest BCUT2D eigenvalue weighted by atomic mass is 16.3. The van der Waals surface area contributed by atoms with E-state index >= 15 is 0 Å². The first kappa shape index (κ1) is 11.2. The smallest absolute Gasteiger partial charge is 0.0515 e. The molecule has 2 unspecified atom stereocenters. The fraction of sp³-hybridized carbons (Fsp3) is 0.700. The fourth-order valence-electron chi connectivity index (χ4n) is 1.50. The summed E-state index contributed by atoms with van der Waals surface area (Å²) in [5.74, 6) is 0.498. The second-order valence-corrected chi connectivity index (χ2v) is 3.90. The molecule has 0 aliphatic rings. The van der Waals surface area contributed by atoms with Crippen molar-refractivity contribution in [2.75, 3.05) is 6.54 Å². The summed E-state index contributed by atoms with van der Waals surface area (Å²) in [6, 6.07) is 1.95. The summed E-state index contributed by atoms with van der Waals surface area (Å²) < 4.78 is 0. The van der Waals surface area contributed by atoms with Crippen molar-refractivity contribution >= 4 is 0 Å². The summed E-state index contributed by atoms with van der Waals surface area (Å²) in [5, 5.41) is 19.2. The van der Waals surface area contributed by atoms with E-state index in [0.29, 0.717) is 5.92 Å². The largest absolute Gasteiger partial charge is 0.393 e. The summed E-state index contributed by atoms with van der Waals surface area (Å²) in [4.78, 5) is 0. The van der Waals surface area contributed by atoms with Gasteiger partial charge in [0.05, 0.1) is 6.10 Å². The van der Waals surface area contributed by atoms with Crippen LogP contribution in [0.1, 0.15) is 26.0 Å². The topological polar surface area (TPSA) is 60.9 Å². The Labute approximate surface area is 84.7 Å². The monoisotopic (exact) mass is 197 g/mol. The van der Waals surface area contributed by atoms with Crippen molar-refractivity contribution in [1.82, 2.24) is 15.5 Å². The van der Waals surface area contributed by atoms with Crippen molar-refractivity contribution < 1.29 is 5.11 Å². The molecule has 1 aromatic heterocycles. The maximum Gasteiger partial charge on any atom is 0.0515 e. The number of hydrogen-bond acceptors (Lipinski definition) is 3. The second-order valence-electron chi connectivity index (χ2n) is 3.90. The van der Waals surface area contributed by atoms with Crippen LogP contribution in [0.15, 0.2) is 12.3 Å². The third kappa shape index (κ3) is 4.39. The van der Waals surface area contributed by atoms with Gasteiger partial charge in [0.1, 0.15) is 0 Å². The van der Waals surface area contributed by atoms with E-state index in [0.717, 1.165) is 25.2 Å². The van der Waals surface area contributed by atoms with Gasteiger partial charge in [-0.2, -0.15) is 5.10 Å². The third-order valence-corrected chi connectivity index (χ3v) is 2.11. The normalized spacial score (nSPS) is 15.4. The van der Waals surface area contributed by atoms with Crippen LogP contribution in [0.25, 0.3) is 0 Å². The zero-order valence-electron chi connectivity index (χ0n) is 8.83. The molecule has 80 valence electrons. The molecule has 0 aromatic carbocycles. The molecule has 0 saturated carbocycles. The lowest BCUT2D eigenvalue weighted by Crippen LogP contribution is -2.23. The Morgan fingerprint density at radius 1 is 1.57 bits per heavy atom. The molecule has 0 spiro atoms. The van der Waals surface area contributed by atoms with Crippen molar-refractivity contribution in [3.63, 3.8) is 0 Å². The Morgan fingerprint density at radius 2 is 2.36 bits per heavy atom. The third-order valence-electron chi connectivity index (χ3n) is 2.11. The van der Waals surface area contributed by atoms with E-state index in [2.05, 4.69) is 22.4 Å². The van der Waals surface area contributed by atoms with Crippen LogP contribution in [-0.2, 0) is 6.54 Å². The molecule has 4 nitrogen and oxygen atoms in total. The molecule has 3 N–H and O–H groups in total. The van der Waals surface area contributed by atoms with Gasteiger partial charge in [0.25, 0.3) is 0 Å². The van der Waals surface area contributed by atoms with Crippen LogP contribution in [0.3, 0.4) is 0 Å². The molecule has 0 fully saturated rings. The average molecular weight is 197 g/mol.